The largest absolute Gasteiger partial charge is 0.314 e. The molecule has 2 rings (SSSR count). The smallest absolute Gasteiger partial charge is 0.00672 e. The summed E-state index contributed by atoms with van der Waals surface area (Å²) in [5, 5.41) is 3.93. The van der Waals surface area contributed by atoms with E-state index < -0.39 is 0 Å². The predicted octanol–water partition coefficient (Wildman–Crippen LogP) is 5.54. The normalized spacial score (nSPS) is 35.7. The summed E-state index contributed by atoms with van der Waals surface area (Å²) in [7, 11) is 0. The highest BCUT2D eigenvalue weighted by atomic mass is 14.9. The minimum Gasteiger partial charge on any atom is -0.314 e. The quantitative estimate of drug-likeness (QED) is 0.629. The summed E-state index contributed by atoms with van der Waals surface area (Å²) in [5.41, 5.74) is 0. The van der Waals surface area contributed by atoms with Crippen LogP contribution in [0.15, 0.2) is 0 Å². The fourth-order valence-corrected chi connectivity index (χ4v) is 4.46. The molecule has 0 amide bonds. The minimum atomic E-state index is 0.834. The summed E-state index contributed by atoms with van der Waals surface area (Å²) in [6, 6.07) is 0.834. The van der Waals surface area contributed by atoms with Crippen LogP contribution in [-0.2, 0) is 0 Å². The van der Waals surface area contributed by atoms with Crippen molar-refractivity contribution in [2.45, 2.75) is 96.9 Å². The van der Waals surface area contributed by atoms with Crippen LogP contribution in [0.4, 0.5) is 0 Å². The lowest BCUT2D eigenvalue weighted by Gasteiger charge is -2.29. The van der Waals surface area contributed by atoms with Crippen LogP contribution in [0, 0.1) is 17.8 Å². The molecule has 0 aromatic rings. The fraction of sp³-hybridized carbons (Fsp3) is 1.00. The third-order valence-electron chi connectivity index (χ3n) is 6.02. The Morgan fingerprint density at radius 3 is 2.15 bits per heavy atom. The van der Waals surface area contributed by atoms with Gasteiger partial charge in [-0.2, -0.15) is 0 Å². The van der Waals surface area contributed by atoms with Gasteiger partial charge in [-0.05, 0) is 56.4 Å². The number of nitrogens with one attached hydrogen (secondary N) is 1. The molecule has 0 spiro atoms. The molecule has 2 saturated carbocycles. The van der Waals surface area contributed by atoms with Gasteiger partial charge in [-0.1, -0.05) is 58.8 Å². The molecule has 118 valence electrons. The van der Waals surface area contributed by atoms with Crippen LogP contribution < -0.4 is 5.32 Å². The van der Waals surface area contributed by atoms with Crippen molar-refractivity contribution in [3.8, 4) is 0 Å². The van der Waals surface area contributed by atoms with E-state index in [1.165, 1.54) is 83.6 Å². The van der Waals surface area contributed by atoms with Crippen LogP contribution in [0.5, 0.6) is 0 Å². The second kappa shape index (κ2) is 9.07. The van der Waals surface area contributed by atoms with E-state index in [4.69, 9.17) is 0 Å². The number of hydrogen-bond acceptors (Lipinski definition) is 1. The van der Waals surface area contributed by atoms with E-state index in [-0.39, 0.29) is 0 Å². The summed E-state index contributed by atoms with van der Waals surface area (Å²) in [5.74, 6) is 3.05. The molecule has 2 atom stereocenters. The monoisotopic (exact) mass is 279 g/mol. The molecule has 2 aliphatic carbocycles. The Hall–Kier alpha value is -0.0400. The van der Waals surface area contributed by atoms with E-state index in [9.17, 15) is 0 Å². The van der Waals surface area contributed by atoms with Crippen LogP contribution in [0.2, 0.25) is 0 Å². The second-order valence-electron chi connectivity index (χ2n) is 7.56. The van der Waals surface area contributed by atoms with Gasteiger partial charge in [0.05, 0.1) is 0 Å². The molecular weight excluding hydrogens is 242 g/mol. The molecule has 0 aromatic heterocycles. The third kappa shape index (κ3) is 5.39. The average Bonchev–Trinajstić information content (AvgIpc) is 2.71. The van der Waals surface area contributed by atoms with Gasteiger partial charge in [0.25, 0.3) is 0 Å². The van der Waals surface area contributed by atoms with E-state index >= 15 is 0 Å². The molecule has 2 fully saturated rings. The van der Waals surface area contributed by atoms with Gasteiger partial charge >= 0.3 is 0 Å². The summed E-state index contributed by atoms with van der Waals surface area (Å²) in [4.78, 5) is 0. The van der Waals surface area contributed by atoms with Gasteiger partial charge in [0.1, 0.15) is 0 Å². The van der Waals surface area contributed by atoms with E-state index in [1.54, 1.807) is 0 Å². The molecule has 0 aliphatic heterocycles. The minimum absolute atomic E-state index is 0.834. The topological polar surface area (TPSA) is 12.0 Å². The first kappa shape index (κ1) is 16.3. The lowest BCUT2D eigenvalue weighted by molar-refractivity contribution is 0.253. The van der Waals surface area contributed by atoms with Gasteiger partial charge in [0.2, 0.25) is 0 Å². The molecule has 20 heavy (non-hydrogen) atoms. The van der Waals surface area contributed by atoms with Crippen molar-refractivity contribution in [1.29, 1.82) is 0 Å². The highest BCUT2D eigenvalue weighted by molar-refractivity contribution is 4.78. The van der Waals surface area contributed by atoms with Crippen LogP contribution in [0.1, 0.15) is 90.9 Å². The molecule has 1 N–H and O–H groups in total. The van der Waals surface area contributed by atoms with E-state index in [0.717, 1.165) is 23.8 Å². The van der Waals surface area contributed by atoms with Crippen molar-refractivity contribution in [3.05, 3.63) is 0 Å². The van der Waals surface area contributed by atoms with Gasteiger partial charge in [-0.3, -0.25) is 0 Å². The lowest BCUT2D eigenvalue weighted by atomic mass is 9.81. The van der Waals surface area contributed by atoms with Gasteiger partial charge < -0.3 is 5.32 Å². The summed E-state index contributed by atoms with van der Waals surface area (Å²) >= 11 is 0. The van der Waals surface area contributed by atoms with Gasteiger partial charge in [0, 0.05) is 6.04 Å². The highest BCUT2D eigenvalue weighted by Gasteiger charge is 2.22. The van der Waals surface area contributed by atoms with Crippen LogP contribution in [-0.4, -0.2) is 12.6 Å². The van der Waals surface area contributed by atoms with Crippen molar-refractivity contribution in [1.82, 2.24) is 5.32 Å². The van der Waals surface area contributed by atoms with E-state index in [0.29, 0.717) is 0 Å². The molecule has 1 nitrogen and oxygen atoms in total. The SMILES string of the molecule is CCCC1CCCC(NCC2CCC(CC)CC2)CC1. The van der Waals surface area contributed by atoms with Crippen LogP contribution >= 0.6 is 0 Å². The first-order valence-electron chi connectivity index (χ1n) is 9.55. The second-order valence-corrected chi connectivity index (χ2v) is 7.56. The summed E-state index contributed by atoms with van der Waals surface area (Å²) < 4.78 is 0. The predicted molar refractivity (Wildman–Crippen MR) is 89.0 cm³/mol. The third-order valence-corrected chi connectivity index (χ3v) is 6.02. The Kier molecular flexibility index (Phi) is 7.41. The molecule has 0 saturated heterocycles. The molecule has 0 bridgehead atoms. The Balaban J connectivity index is 1.62. The lowest BCUT2D eigenvalue weighted by Crippen LogP contribution is -2.34. The Morgan fingerprint density at radius 2 is 1.45 bits per heavy atom. The van der Waals surface area contributed by atoms with Crippen LogP contribution in [0.3, 0.4) is 0 Å². The Labute approximate surface area is 127 Å². The maximum Gasteiger partial charge on any atom is 0.00672 e. The van der Waals surface area contributed by atoms with Crippen molar-refractivity contribution < 1.29 is 0 Å². The average molecular weight is 280 g/mol. The van der Waals surface area contributed by atoms with Gasteiger partial charge in [-0.25, -0.2) is 0 Å². The summed E-state index contributed by atoms with van der Waals surface area (Å²) in [6.45, 7) is 6.01. The molecule has 0 radical (unpaired) electrons. The first-order chi connectivity index (χ1) is 9.81. The molecule has 1 heteroatoms. The molecular formula is C19H37N. The zero-order valence-electron chi connectivity index (χ0n) is 14.0. The Morgan fingerprint density at radius 1 is 0.750 bits per heavy atom. The summed E-state index contributed by atoms with van der Waals surface area (Å²) in [6.07, 6.45) is 17.5. The molecule has 0 heterocycles. The molecule has 2 aliphatic rings. The van der Waals surface area contributed by atoms with Gasteiger partial charge in [0.15, 0.2) is 0 Å². The van der Waals surface area contributed by atoms with E-state index in [2.05, 4.69) is 19.2 Å². The molecule has 0 aromatic carbocycles. The number of rotatable bonds is 6. The first-order valence-corrected chi connectivity index (χ1v) is 9.55. The van der Waals surface area contributed by atoms with Crippen molar-refractivity contribution in [2.75, 3.05) is 6.54 Å². The number of hydrogen-bond donors (Lipinski definition) is 1. The van der Waals surface area contributed by atoms with Crippen LogP contribution in [0.25, 0.3) is 0 Å². The zero-order chi connectivity index (χ0) is 14.2. The Bertz CT molecular complexity index is 242. The molecule has 2 unspecified atom stereocenters. The standard InChI is InChI=1S/C19H37N/c1-3-6-17-7-5-8-19(14-13-17)20-15-18-11-9-16(4-2)10-12-18/h16-20H,3-15H2,1-2H3. The van der Waals surface area contributed by atoms with Crippen molar-refractivity contribution in [2.24, 2.45) is 17.8 Å². The van der Waals surface area contributed by atoms with E-state index in [1.807, 2.05) is 0 Å². The van der Waals surface area contributed by atoms with Crippen molar-refractivity contribution >= 4 is 0 Å². The van der Waals surface area contributed by atoms with Gasteiger partial charge in [-0.15, -0.1) is 0 Å². The maximum absolute atomic E-state index is 3.93. The van der Waals surface area contributed by atoms with Crippen molar-refractivity contribution in [3.63, 3.8) is 0 Å². The zero-order valence-corrected chi connectivity index (χ0v) is 14.0. The maximum atomic E-state index is 3.93. The highest BCUT2D eigenvalue weighted by Crippen LogP contribution is 2.31. The fourth-order valence-electron chi connectivity index (χ4n) is 4.46.